The first-order valence-corrected chi connectivity index (χ1v) is 5.17. The van der Waals surface area contributed by atoms with Crippen LogP contribution >= 0.6 is 0 Å². The van der Waals surface area contributed by atoms with Gasteiger partial charge in [0.15, 0.2) is 0 Å². The summed E-state index contributed by atoms with van der Waals surface area (Å²) in [4.78, 5) is 11.9. The van der Waals surface area contributed by atoms with E-state index in [1.807, 2.05) is 19.1 Å². The van der Waals surface area contributed by atoms with Gasteiger partial charge in [-0.25, -0.2) is 4.79 Å². The average molecular weight is 226 g/mol. The molecule has 5 heteroatoms. The summed E-state index contributed by atoms with van der Waals surface area (Å²) in [5, 5.41) is 17.9. The van der Waals surface area contributed by atoms with E-state index in [4.69, 9.17) is 10.5 Å². The first-order valence-electron chi connectivity index (χ1n) is 5.17. The van der Waals surface area contributed by atoms with Crippen molar-refractivity contribution in [2.45, 2.75) is 13.5 Å². The quantitative estimate of drug-likeness (QED) is 0.730. The Labute approximate surface area is 97.7 Å². The predicted molar refractivity (Wildman–Crippen MR) is 62.3 cm³/mol. The van der Waals surface area contributed by atoms with E-state index in [2.05, 4.69) is 0 Å². The van der Waals surface area contributed by atoms with Gasteiger partial charge in [-0.1, -0.05) is 0 Å². The standard InChI is InChI=1S/C12H10N4O/c1-3-16-11-5-9(7-14)8(6-13)4-10(11)15(2)12(16)17/h4-5H,3H2,1-2H3. The summed E-state index contributed by atoms with van der Waals surface area (Å²) in [6.45, 7) is 2.40. The molecule has 1 heterocycles. The molecule has 0 bridgehead atoms. The van der Waals surface area contributed by atoms with Gasteiger partial charge in [0.25, 0.3) is 0 Å². The second-order valence-corrected chi connectivity index (χ2v) is 3.70. The zero-order valence-corrected chi connectivity index (χ0v) is 9.56. The summed E-state index contributed by atoms with van der Waals surface area (Å²) in [5.41, 5.74) is 1.82. The lowest BCUT2D eigenvalue weighted by Crippen LogP contribution is -2.21. The fourth-order valence-electron chi connectivity index (χ4n) is 1.94. The Morgan fingerprint density at radius 3 is 2.18 bits per heavy atom. The molecule has 0 radical (unpaired) electrons. The highest BCUT2D eigenvalue weighted by atomic mass is 16.1. The number of imidazole rings is 1. The maximum Gasteiger partial charge on any atom is 0.328 e. The highest BCUT2D eigenvalue weighted by molar-refractivity contribution is 5.80. The average Bonchev–Trinajstić information content (AvgIpc) is 2.59. The van der Waals surface area contributed by atoms with Gasteiger partial charge in [-0.05, 0) is 19.1 Å². The van der Waals surface area contributed by atoms with Gasteiger partial charge in [-0.3, -0.25) is 9.13 Å². The van der Waals surface area contributed by atoms with Crippen LogP contribution in [-0.4, -0.2) is 9.13 Å². The lowest BCUT2D eigenvalue weighted by Gasteiger charge is -1.99. The fourth-order valence-corrected chi connectivity index (χ4v) is 1.94. The maximum absolute atomic E-state index is 11.9. The second kappa shape index (κ2) is 3.80. The van der Waals surface area contributed by atoms with Gasteiger partial charge >= 0.3 is 5.69 Å². The van der Waals surface area contributed by atoms with Gasteiger partial charge in [0, 0.05) is 13.6 Å². The highest BCUT2D eigenvalue weighted by Gasteiger charge is 2.13. The number of aromatic nitrogens is 2. The first-order chi connectivity index (χ1) is 8.13. The number of nitriles is 2. The molecule has 0 aliphatic rings. The van der Waals surface area contributed by atoms with E-state index in [9.17, 15) is 4.79 Å². The fraction of sp³-hybridized carbons (Fsp3) is 0.250. The molecule has 0 saturated carbocycles. The SMILES string of the molecule is CCn1c(=O)n(C)c2cc(C#N)c(C#N)cc21. The van der Waals surface area contributed by atoms with Crippen molar-refractivity contribution in [1.29, 1.82) is 10.5 Å². The van der Waals surface area contributed by atoms with E-state index >= 15 is 0 Å². The maximum atomic E-state index is 11.9. The second-order valence-electron chi connectivity index (χ2n) is 3.70. The van der Waals surface area contributed by atoms with E-state index in [1.54, 1.807) is 23.7 Å². The van der Waals surface area contributed by atoms with Gasteiger partial charge < -0.3 is 0 Å². The van der Waals surface area contributed by atoms with E-state index in [1.165, 1.54) is 4.57 Å². The number of fused-ring (bicyclic) bond motifs is 1. The van der Waals surface area contributed by atoms with Crippen LogP contribution in [0.1, 0.15) is 18.1 Å². The lowest BCUT2D eigenvalue weighted by atomic mass is 10.1. The minimum atomic E-state index is -0.138. The summed E-state index contributed by atoms with van der Waals surface area (Å²) in [6.07, 6.45) is 0. The largest absolute Gasteiger partial charge is 0.328 e. The van der Waals surface area contributed by atoms with Crippen LogP contribution in [0.4, 0.5) is 0 Å². The molecule has 0 unspecified atom stereocenters. The van der Waals surface area contributed by atoms with Crippen molar-refractivity contribution < 1.29 is 0 Å². The minimum absolute atomic E-state index is 0.138. The lowest BCUT2D eigenvalue weighted by molar-refractivity contribution is 0.712. The third-order valence-electron chi connectivity index (χ3n) is 2.84. The Bertz CT molecular complexity index is 737. The van der Waals surface area contributed by atoms with Crippen molar-refractivity contribution in [2.24, 2.45) is 7.05 Å². The van der Waals surface area contributed by atoms with E-state index in [0.717, 1.165) is 0 Å². The van der Waals surface area contributed by atoms with E-state index < -0.39 is 0 Å². The van der Waals surface area contributed by atoms with Crippen molar-refractivity contribution in [1.82, 2.24) is 9.13 Å². The molecule has 1 aromatic carbocycles. The molecule has 5 nitrogen and oxygen atoms in total. The van der Waals surface area contributed by atoms with Crippen molar-refractivity contribution >= 4 is 11.0 Å². The predicted octanol–water partition coefficient (Wildman–Crippen LogP) is 1.10. The van der Waals surface area contributed by atoms with Crippen LogP contribution in [0.2, 0.25) is 0 Å². The van der Waals surface area contributed by atoms with Crippen molar-refractivity contribution in [3.8, 4) is 12.1 Å². The number of benzene rings is 1. The van der Waals surface area contributed by atoms with Crippen molar-refractivity contribution in [3.63, 3.8) is 0 Å². The Morgan fingerprint density at radius 2 is 1.71 bits per heavy atom. The molecule has 0 N–H and O–H groups in total. The molecule has 17 heavy (non-hydrogen) atoms. The molecule has 0 amide bonds. The number of aryl methyl sites for hydroxylation is 2. The molecule has 0 aliphatic heterocycles. The van der Waals surface area contributed by atoms with E-state index in [-0.39, 0.29) is 5.69 Å². The van der Waals surface area contributed by atoms with Gasteiger partial charge in [-0.15, -0.1) is 0 Å². The summed E-state index contributed by atoms with van der Waals surface area (Å²) < 4.78 is 3.07. The number of hydrogen-bond acceptors (Lipinski definition) is 3. The molecule has 2 aromatic rings. The molecule has 2 rings (SSSR count). The van der Waals surface area contributed by atoms with Crippen molar-refractivity contribution in [2.75, 3.05) is 0 Å². The molecular weight excluding hydrogens is 216 g/mol. The minimum Gasteiger partial charge on any atom is -0.295 e. The topological polar surface area (TPSA) is 74.5 Å². The van der Waals surface area contributed by atoms with Crippen LogP contribution in [-0.2, 0) is 13.6 Å². The third-order valence-corrected chi connectivity index (χ3v) is 2.84. The molecule has 0 fully saturated rings. The number of hydrogen-bond donors (Lipinski definition) is 0. The Kier molecular flexibility index (Phi) is 2.45. The molecule has 0 spiro atoms. The highest BCUT2D eigenvalue weighted by Crippen LogP contribution is 2.18. The Balaban J connectivity index is 3.00. The van der Waals surface area contributed by atoms with Crippen LogP contribution in [0.25, 0.3) is 11.0 Å². The Hall–Kier alpha value is -2.53. The summed E-state index contributed by atoms with van der Waals surface area (Å²) in [5.74, 6) is 0. The van der Waals surface area contributed by atoms with Gasteiger partial charge in [-0.2, -0.15) is 10.5 Å². The molecule has 84 valence electrons. The molecule has 0 aliphatic carbocycles. The van der Waals surface area contributed by atoms with Gasteiger partial charge in [0.05, 0.1) is 22.2 Å². The van der Waals surface area contributed by atoms with Crippen molar-refractivity contribution in [3.05, 3.63) is 33.7 Å². The van der Waals surface area contributed by atoms with Crippen LogP contribution in [0, 0.1) is 22.7 Å². The zero-order valence-electron chi connectivity index (χ0n) is 9.56. The number of nitrogens with zero attached hydrogens (tertiary/aromatic N) is 4. The zero-order chi connectivity index (χ0) is 12.6. The normalized spacial score (nSPS) is 10.1. The smallest absolute Gasteiger partial charge is 0.295 e. The monoisotopic (exact) mass is 226 g/mol. The number of rotatable bonds is 1. The van der Waals surface area contributed by atoms with Crippen LogP contribution < -0.4 is 5.69 Å². The van der Waals surface area contributed by atoms with Gasteiger partial charge in [0.1, 0.15) is 12.1 Å². The third kappa shape index (κ3) is 1.41. The van der Waals surface area contributed by atoms with Crippen LogP contribution in [0.3, 0.4) is 0 Å². The van der Waals surface area contributed by atoms with Crippen LogP contribution in [0.5, 0.6) is 0 Å². The molecule has 1 aromatic heterocycles. The first kappa shape index (κ1) is 11.0. The van der Waals surface area contributed by atoms with Gasteiger partial charge in [0.2, 0.25) is 0 Å². The summed E-state index contributed by atoms with van der Waals surface area (Å²) in [7, 11) is 1.66. The molecular formula is C12H10N4O. The van der Waals surface area contributed by atoms with Crippen LogP contribution in [0.15, 0.2) is 16.9 Å². The van der Waals surface area contributed by atoms with E-state index in [0.29, 0.717) is 28.7 Å². The summed E-state index contributed by atoms with van der Waals surface area (Å²) in [6, 6.07) is 7.12. The summed E-state index contributed by atoms with van der Waals surface area (Å²) >= 11 is 0. The molecule has 0 saturated heterocycles. The molecule has 0 atom stereocenters. The Morgan fingerprint density at radius 1 is 1.18 bits per heavy atom.